The van der Waals surface area contributed by atoms with Gasteiger partial charge in [-0.15, -0.1) is 0 Å². The van der Waals surface area contributed by atoms with Crippen LogP contribution < -0.4 is 9.64 Å². The molecule has 0 amide bonds. The highest BCUT2D eigenvalue weighted by Crippen LogP contribution is 2.39. The highest BCUT2D eigenvalue weighted by Gasteiger charge is 2.37. The molecule has 21 heavy (non-hydrogen) atoms. The van der Waals surface area contributed by atoms with Crippen LogP contribution in [0.2, 0.25) is 0 Å². The third-order valence-electron chi connectivity index (χ3n) is 3.92. The summed E-state index contributed by atoms with van der Waals surface area (Å²) in [6.07, 6.45) is 2.09. The van der Waals surface area contributed by atoms with E-state index in [-0.39, 0.29) is 10.6 Å². The lowest BCUT2D eigenvalue weighted by atomic mass is 10.2. The van der Waals surface area contributed by atoms with E-state index in [1.807, 2.05) is 11.8 Å². The molecule has 1 fully saturated rings. The third kappa shape index (κ3) is 3.08. The summed E-state index contributed by atoms with van der Waals surface area (Å²) in [5.41, 5.74) is 0.696. The minimum Gasteiger partial charge on any atom is -0.490 e. The molecule has 1 aromatic carbocycles. The Kier molecular flexibility index (Phi) is 4.95. The summed E-state index contributed by atoms with van der Waals surface area (Å²) in [5.74, 6) is 0.312. The lowest BCUT2D eigenvalue weighted by Crippen LogP contribution is -2.36. The number of likely N-dealkylation sites (N-methyl/N-ethyl adjacent to an activating group) is 1. The van der Waals surface area contributed by atoms with E-state index < -0.39 is 0 Å². The van der Waals surface area contributed by atoms with Gasteiger partial charge in [0.1, 0.15) is 5.69 Å². The van der Waals surface area contributed by atoms with Crippen molar-refractivity contribution in [3.63, 3.8) is 0 Å². The minimum absolute atomic E-state index is 0.0549. The summed E-state index contributed by atoms with van der Waals surface area (Å²) in [6, 6.07) is 5.62. The first-order chi connectivity index (χ1) is 9.99. The zero-order valence-electron chi connectivity index (χ0n) is 12.8. The first kappa shape index (κ1) is 15.9. The summed E-state index contributed by atoms with van der Waals surface area (Å²) >= 11 is 1.81. The lowest BCUT2D eigenvalue weighted by molar-refractivity contribution is -0.385. The Morgan fingerprint density at radius 2 is 2.14 bits per heavy atom. The second-order valence-corrected chi connectivity index (χ2v) is 6.37. The molecule has 2 rings (SSSR count). The van der Waals surface area contributed by atoms with E-state index in [1.54, 1.807) is 18.2 Å². The molecule has 1 aromatic rings. The van der Waals surface area contributed by atoms with E-state index in [0.717, 1.165) is 13.1 Å². The molecule has 0 aliphatic carbocycles. The van der Waals surface area contributed by atoms with Gasteiger partial charge in [0.25, 0.3) is 0 Å². The predicted molar refractivity (Wildman–Crippen MR) is 86.6 cm³/mol. The highest BCUT2D eigenvalue weighted by molar-refractivity contribution is 7.99. The first-order valence-corrected chi connectivity index (χ1v) is 8.04. The third-order valence-corrected chi connectivity index (χ3v) is 4.99. The van der Waals surface area contributed by atoms with Gasteiger partial charge in [0.15, 0.2) is 5.75 Å². The zero-order chi connectivity index (χ0) is 15.6. The summed E-state index contributed by atoms with van der Waals surface area (Å²) in [6.45, 7) is 1.59. The fourth-order valence-corrected chi connectivity index (χ4v) is 3.77. The highest BCUT2D eigenvalue weighted by atomic mass is 32.2. The molecule has 0 saturated carbocycles. The molecule has 1 aliphatic rings. The molecule has 7 heteroatoms. The van der Waals surface area contributed by atoms with Gasteiger partial charge in [-0.05, 0) is 32.5 Å². The second-order valence-electron chi connectivity index (χ2n) is 5.30. The fraction of sp³-hybridized carbons (Fsp3) is 0.571. The number of methoxy groups -OCH3 is 1. The summed E-state index contributed by atoms with van der Waals surface area (Å²) in [5, 5.41) is 11.8. The second kappa shape index (κ2) is 6.53. The molecular weight excluding hydrogens is 290 g/mol. The SMILES string of the molecule is COc1cccc(N2CC(SC)C(N(C)C)C2)c1[N+](=O)[O-]. The number of nitro benzene ring substituents is 1. The van der Waals surface area contributed by atoms with Gasteiger partial charge in [-0.25, -0.2) is 0 Å². The van der Waals surface area contributed by atoms with Crippen molar-refractivity contribution >= 4 is 23.1 Å². The van der Waals surface area contributed by atoms with Crippen LogP contribution in [0.3, 0.4) is 0 Å². The van der Waals surface area contributed by atoms with Crippen molar-refractivity contribution in [3.05, 3.63) is 28.3 Å². The maximum atomic E-state index is 11.4. The Morgan fingerprint density at radius 1 is 1.43 bits per heavy atom. The maximum Gasteiger partial charge on any atom is 0.333 e. The van der Waals surface area contributed by atoms with Crippen LogP contribution in [-0.4, -0.2) is 61.7 Å². The van der Waals surface area contributed by atoms with Crippen molar-refractivity contribution in [2.45, 2.75) is 11.3 Å². The monoisotopic (exact) mass is 311 g/mol. The zero-order valence-corrected chi connectivity index (χ0v) is 13.6. The van der Waals surface area contributed by atoms with Crippen LogP contribution in [0.15, 0.2) is 18.2 Å². The first-order valence-electron chi connectivity index (χ1n) is 6.75. The maximum absolute atomic E-state index is 11.4. The van der Waals surface area contributed by atoms with Crippen molar-refractivity contribution in [1.82, 2.24) is 4.90 Å². The molecule has 0 bridgehead atoms. The van der Waals surface area contributed by atoms with E-state index in [2.05, 4.69) is 30.2 Å². The Hall–Kier alpha value is -1.47. The van der Waals surface area contributed by atoms with Crippen LogP contribution in [0.5, 0.6) is 5.75 Å². The molecule has 1 heterocycles. The number of rotatable bonds is 5. The quantitative estimate of drug-likeness (QED) is 0.613. The number of nitro groups is 1. The molecular formula is C14H21N3O3S. The van der Waals surface area contributed by atoms with Gasteiger partial charge in [0.2, 0.25) is 0 Å². The Bertz CT molecular complexity index is 524. The number of anilines is 1. The lowest BCUT2D eigenvalue weighted by Gasteiger charge is -2.23. The Balaban J connectivity index is 2.37. The molecule has 6 nitrogen and oxygen atoms in total. The van der Waals surface area contributed by atoms with Crippen molar-refractivity contribution in [3.8, 4) is 5.75 Å². The fourth-order valence-electron chi connectivity index (χ4n) is 2.80. The summed E-state index contributed by atoms with van der Waals surface area (Å²) in [4.78, 5) is 15.3. The van der Waals surface area contributed by atoms with E-state index >= 15 is 0 Å². The van der Waals surface area contributed by atoms with Crippen molar-refractivity contribution < 1.29 is 9.66 Å². The van der Waals surface area contributed by atoms with Crippen LogP contribution in [0.1, 0.15) is 0 Å². The van der Waals surface area contributed by atoms with E-state index in [4.69, 9.17) is 4.74 Å². The van der Waals surface area contributed by atoms with Gasteiger partial charge in [0, 0.05) is 24.4 Å². The summed E-state index contributed by atoms with van der Waals surface area (Å²) in [7, 11) is 5.57. The van der Waals surface area contributed by atoms with Crippen LogP contribution in [0, 0.1) is 10.1 Å². The average Bonchev–Trinajstić information content (AvgIpc) is 2.90. The number of para-hydroxylation sites is 1. The minimum atomic E-state index is -0.356. The molecule has 0 spiro atoms. The van der Waals surface area contributed by atoms with Gasteiger partial charge >= 0.3 is 5.69 Å². The summed E-state index contributed by atoms with van der Waals surface area (Å²) < 4.78 is 5.15. The number of hydrogen-bond donors (Lipinski definition) is 0. The standard InChI is InChI=1S/C14H21N3O3S/c1-15(2)11-8-16(9-13(11)21-4)10-6-5-7-12(20-3)14(10)17(18)19/h5-7,11,13H,8-9H2,1-4H3. The number of hydrogen-bond acceptors (Lipinski definition) is 6. The molecule has 0 aromatic heterocycles. The van der Waals surface area contributed by atoms with Crippen molar-refractivity contribution in [2.24, 2.45) is 0 Å². The number of nitrogens with zero attached hydrogens (tertiary/aromatic N) is 3. The molecule has 0 N–H and O–H groups in total. The van der Waals surface area contributed by atoms with Gasteiger partial charge in [-0.3, -0.25) is 10.1 Å². The molecule has 1 saturated heterocycles. The van der Waals surface area contributed by atoms with Crippen LogP contribution in [0.4, 0.5) is 11.4 Å². The van der Waals surface area contributed by atoms with Gasteiger partial charge < -0.3 is 14.5 Å². The molecule has 116 valence electrons. The smallest absolute Gasteiger partial charge is 0.333 e. The predicted octanol–water partition coefficient (Wildman–Crippen LogP) is 2.09. The van der Waals surface area contributed by atoms with Crippen molar-refractivity contribution in [2.75, 3.05) is 45.5 Å². The normalized spacial score (nSPS) is 21.9. The molecule has 1 aliphatic heterocycles. The van der Waals surface area contributed by atoms with E-state index in [9.17, 15) is 10.1 Å². The van der Waals surface area contributed by atoms with E-state index in [0.29, 0.717) is 22.7 Å². The average molecular weight is 311 g/mol. The van der Waals surface area contributed by atoms with Gasteiger partial charge in [-0.1, -0.05) is 6.07 Å². The van der Waals surface area contributed by atoms with Crippen LogP contribution >= 0.6 is 11.8 Å². The molecule has 2 atom stereocenters. The van der Waals surface area contributed by atoms with Crippen LogP contribution in [0.25, 0.3) is 0 Å². The van der Waals surface area contributed by atoms with Gasteiger partial charge in [0.05, 0.1) is 12.0 Å². The van der Waals surface area contributed by atoms with Crippen molar-refractivity contribution in [1.29, 1.82) is 0 Å². The Labute approximate surface area is 129 Å². The van der Waals surface area contributed by atoms with Crippen LogP contribution in [-0.2, 0) is 0 Å². The molecule has 2 unspecified atom stereocenters. The largest absolute Gasteiger partial charge is 0.490 e. The van der Waals surface area contributed by atoms with E-state index in [1.165, 1.54) is 7.11 Å². The Morgan fingerprint density at radius 3 is 2.62 bits per heavy atom. The van der Waals surface area contributed by atoms with Gasteiger partial charge in [-0.2, -0.15) is 11.8 Å². The topological polar surface area (TPSA) is 58.8 Å². The molecule has 0 radical (unpaired) electrons. The number of thioether (sulfide) groups is 1. The number of ether oxygens (including phenoxy) is 1. The number of benzene rings is 1.